The second kappa shape index (κ2) is 9.87. The first-order valence-corrected chi connectivity index (χ1v) is 13.2. The molecule has 1 spiro atoms. The highest BCUT2D eigenvalue weighted by atomic mass is 16.5. The number of ether oxygens (including phenoxy) is 2. The number of hydrogen-bond donors (Lipinski definition) is 1. The first-order valence-electron chi connectivity index (χ1n) is 13.2. The minimum atomic E-state index is -0.121. The van der Waals surface area contributed by atoms with E-state index in [0.29, 0.717) is 37.0 Å². The Hall–Kier alpha value is -3.30. The first-order chi connectivity index (χ1) is 18.0. The van der Waals surface area contributed by atoms with Gasteiger partial charge >= 0.3 is 0 Å². The number of amides is 1. The van der Waals surface area contributed by atoms with Gasteiger partial charge in [0.1, 0.15) is 5.82 Å². The van der Waals surface area contributed by atoms with E-state index in [-0.39, 0.29) is 17.4 Å². The number of anilines is 2. The molecule has 0 unspecified atom stereocenters. The topological polar surface area (TPSA) is 92.7 Å². The van der Waals surface area contributed by atoms with E-state index >= 15 is 0 Å². The lowest BCUT2D eigenvalue weighted by Gasteiger charge is -2.42. The van der Waals surface area contributed by atoms with E-state index in [0.717, 1.165) is 48.7 Å². The lowest BCUT2D eigenvalue weighted by atomic mass is 9.69. The molecule has 0 bridgehead atoms. The molecule has 3 fully saturated rings. The van der Waals surface area contributed by atoms with E-state index in [4.69, 9.17) is 24.4 Å². The molecule has 1 N–H and O–H groups in total. The number of morpholine rings is 1. The molecule has 2 aromatic heterocycles. The van der Waals surface area contributed by atoms with Crippen LogP contribution < -0.4 is 15.1 Å². The third kappa shape index (κ3) is 4.62. The predicted molar refractivity (Wildman–Crippen MR) is 143 cm³/mol. The fraction of sp³-hybridized carbons (Fsp3) is 0.500. The molecule has 9 nitrogen and oxygen atoms in total. The van der Waals surface area contributed by atoms with Crippen LogP contribution in [0.2, 0.25) is 0 Å². The number of nitrogens with one attached hydrogen (secondary N) is 1. The van der Waals surface area contributed by atoms with Crippen molar-refractivity contribution >= 4 is 28.7 Å². The van der Waals surface area contributed by atoms with Gasteiger partial charge in [-0.2, -0.15) is 9.97 Å². The Kier molecular flexibility index (Phi) is 6.42. The summed E-state index contributed by atoms with van der Waals surface area (Å²) in [7, 11) is 1.64. The van der Waals surface area contributed by atoms with Crippen molar-refractivity contribution in [3.05, 3.63) is 42.0 Å². The van der Waals surface area contributed by atoms with Gasteiger partial charge < -0.3 is 24.6 Å². The highest BCUT2D eigenvalue weighted by Gasteiger charge is 2.41. The van der Waals surface area contributed by atoms with Crippen LogP contribution in [0.5, 0.6) is 0 Å². The molecule has 1 atom stereocenters. The summed E-state index contributed by atoms with van der Waals surface area (Å²) in [6.07, 6.45) is 3.63. The van der Waals surface area contributed by atoms with Gasteiger partial charge in [-0.3, -0.25) is 4.79 Å². The number of carbonyl (C=O) groups excluding carboxylic acids is 1. The van der Waals surface area contributed by atoms with Gasteiger partial charge in [-0.25, -0.2) is 4.98 Å². The molecule has 1 aliphatic carbocycles. The van der Waals surface area contributed by atoms with E-state index < -0.39 is 0 Å². The Morgan fingerprint density at radius 1 is 1.08 bits per heavy atom. The molecule has 3 aliphatic rings. The lowest BCUT2D eigenvalue weighted by molar-refractivity contribution is 0.0187. The number of aromatic nitrogens is 3. The van der Waals surface area contributed by atoms with Gasteiger partial charge in [0.25, 0.3) is 5.91 Å². The maximum absolute atomic E-state index is 12.2. The Morgan fingerprint density at radius 3 is 2.73 bits per heavy atom. The van der Waals surface area contributed by atoms with Crippen LogP contribution in [-0.4, -0.2) is 80.0 Å². The Morgan fingerprint density at radius 2 is 1.95 bits per heavy atom. The summed E-state index contributed by atoms with van der Waals surface area (Å²) in [5.41, 5.74) is 3.12. The molecule has 9 heteroatoms. The van der Waals surface area contributed by atoms with Crippen LogP contribution in [0.15, 0.2) is 36.4 Å². The first kappa shape index (κ1) is 24.1. The molecule has 1 aromatic carbocycles. The van der Waals surface area contributed by atoms with Crippen molar-refractivity contribution in [3.63, 3.8) is 0 Å². The number of hydrogen-bond acceptors (Lipinski definition) is 8. The largest absolute Gasteiger partial charge is 0.379 e. The van der Waals surface area contributed by atoms with Crippen molar-refractivity contribution in [1.82, 2.24) is 20.3 Å². The Bertz CT molecular complexity index is 1310. The smallest absolute Gasteiger partial charge is 0.251 e. The summed E-state index contributed by atoms with van der Waals surface area (Å²) in [6, 6.07) is 11.8. The van der Waals surface area contributed by atoms with Crippen molar-refractivity contribution in [2.75, 3.05) is 62.9 Å². The van der Waals surface area contributed by atoms with Crippen LogP contribution >= 0.6 is 0 Å². The third-order valence-electron chi connectivity index (χ3n) is 7.95. The predicted octanol–water partition coefficient (Wildman–Crippen LogP) is 3.28. The van der Waals surface area contributed by atoms with E-state index in [1.165, 1.54) is 19.3 Å². The number of pyridine rings is 1. The van der Waals surface area contributed by atoms with Crippen molar-refractivity contribution in [1.29, 1.82) is 0 Å². The second-order valence-electron chi connectivity index (χ2n) is 10.5. The summed E-state index contributed by atoms with van der Waals surface area (Å²) in [4.78, 5) is 32.0. The van der Waals surface area contributed by atoms with Crippen LogP contribution in [0.3, 0.4) is 0 Å². The normalized spacial score (nSPS) is 21.5. The van der Waals surface area contributed by atoms with Gasteiger partial charge in [0, 0.05) is 43.2 Å². The van der Waals surface area contributed by atoms with Crippen molar-refractivity contribution in [2.45, 2.75) is 32.2 Å². The average Bonchev–Trinajstić information content (AvgIpc) is 3.16. The van der Waals surface area contributed by atoms with Gasteiger partial charge in [-0.1, -0.05) is 18.6 Å². The summed E-state index contributed by atoms with van der Waals surface area (Å²) < 4.78 is 11.7. The third-order valence-corrected chi connectivity index (χ3v) is 7.95. The molecule has 194 valence electrons. The Balaban J connectivity index is 1.45. The molecule has 2 saturated heterocycles. The van der Waals surface area contributed by atoms with Crippen molar-refractivity contribution in [3.8, 4) is 11.3 Å². The highest BCUT2D eigenvalue weighted by Crippen LogP contribution is 2.43. The number of benzene rings is 1. The van der Waals surface area contributed by atoms with Crippen LogP contribution in [0.25, 0.3) is 22.3 Å². The number of nitrogens with zero attached hydrogens (tertiary/aromatic N) is 5. The Labute approximate surface area is 217 Å². The van der Waals surface area contributed by atoms with Gasteiger partial charge in [-0.05, 0) is 44.0 Å². The summed E-state index contributed by atoms with van der Waals surface area (Å²) in [6.45, 7) is 7.44. The summed E-state index contributed by atoms with van der Waals surface area (Å²) in [5.74, 6) is 1.49. The van der Waals surface area contributed by atoms with E-state index in [9.17, 15) is 4.79 Å². The van der Waals surface area contributed by atoms with Gasteiger partial charge in [0.15, 0.2) is 5.65 Å². The van der Waals surface area contributed by atoms with Crippen molar-refractivity contribution in [2.24, 2.45) is 5.41 Å². The van der Waals surface area contributed by atoms with Crippen LogP contribution in [-0.2, 0) is 9.47 Å². The number of rotatable bonds is 4. The number of carbonyl (C=O) groups is 1. The molecule has 3 aromatic rings. The molecule has 2 aliphatic heterocycles. The van der Waals surface area contributed by atoms with Crippen molar-refractivity contribution < 1.29 is 14.3 Å². The quantitative estimate of drug-likeness (QED) is 0.581. The molecule has 0 radical (unpaired) electrons. The monoisotopic (exact) mass is 502 g/mol. The van der Waals surface area contributed by atoms with Gasteiger partial charge in [-0.15, -0.1) is 0 Å². The maximum Gasteiger partial charge on any atom is 0.251 e. The summed E-state index contributed by atoms with van der Waals surface area (Å²) >= 11 is 0. The fourth-order valence-corrected chi connectivity index (χ4v) is 5.65. The molecule has 1 amide bonds. The molecule has 37 heavy (non-hydrogen) atoms. The van der Waals surface area contributed by atoms with E-state index in [2.05, 4.69) is 28.1 Å². The SMILES string of the molecule is CNC(=O)c1cccc(-c2ccc3c(N4CCOC[C@@H]4C)nc(N4CCOCC5(CCC5)C4)nc3n2)c1. The standard InChI is InChI=1S/C28H34N6O3/c1-19-16-36-14-12-34(19)25-22-7-8-23(20-5-3-6-21(15-20)26(35)29-2)30-24(22)31-27(32-25)33-11-13-37-18-28(17-33)9-4-10-28/h3,5-8,15,19H,4,9-14,16-18H2,1-2H3,(H,29,35)/t19-/m0/s1. The van der Waals surface area contributed by atoms with Crippen LogP contribution in [0.4, 0.5) is 11.8 Å². The molecule has 4 heterocycles. The molecule has 1 saturated carbocycles. The fourth-order valence-electron chi connectivity index (χ4n) is 5.65. The zero-order valence-corrected chi connectivity index (χ0v) is 21.6. The average molecular weight is 503 g/mol. The van der Waals surface area contributed by atoms with Gasteiger partial charge in [0.2, 0.25) is 5.95 Å². The van der Waals surface area contributed by atoms with Crippen LogP contribution in [0.1, 0.15) is 36.5 Å². The summed E-state index contributed by atoms with van der Waals surface area (Å²) in [5, 5.41) is 3.62. The lowest BCUT2D eigenvalue weighted by Crippen LogP contribution is -2.45. The zero-order valence-electron chi connectivity index (χ0n) is 21.6. The molecular weight excluding hydrogens is 468 g/mol. The maximum atomic E-state index is 12.2. The van der Waals surface area contributed by atoms with E-state index in [1.54, 1.807) is 13.1 Å². The minimum absolute atomic E-state index is 0.121. The van der Waals surface area contributed by atoms with E-state index in [1.807, 2.05) is 24.3 Å². The molecule has 6 rings (SSSR count). The van der Waals surface area contributed by atoms with Crippen LogP contribution in [0, 0.1) is 5.41 Å². The second-order valence-corrected chi connectivity index (χ2v) is 10.5. The van der Waals surface area contributed by atoms with Gasteiger partial charge in [0.05, 0.1) is 43.5 Å². The molecular formula is C28H34N6O3. The zero-order chi connectivity index (χ0) is 25.4. The number of fused-ring (bicyclic) bond motifs is 1. The highest BCUT2D eigenvalue weighted by molar-refractivity contribution is 5.95. The minimum Gasteiger partial charge on any atom is -0.379 e.